The molecule has 0 saturated heterocycles. The minimum absolute atomic E-state index is 0.157. The lowest BCUT2D eigenvalue weighted by Gasteiger charge is -2.25. The molecule has 0 saturated carbocycles. The van der Waals surface area contributed by atoms with E-state index in [1.807, 2.05) is 18.2 Å². The van der Waals surface area contributed by atoms with Gasteiger partial charge in [-0.25, -0.2) is 0 Å². The van der Waals surface area contributed by atoms with Crippen LogP contribution in [0.25, 0.3) is 0 Å². The predicted octanol–water partition coefficient (Wildman–Crippen LogP) is 3.60. The molecule has 1 aliphatic heterocycles. The zero-order valence-electron chi connectivity index (χ0n) is 15.0. The first kappa shape index (κ1) is 18.3. The topological polar surface area (TPSA) is 76.7 Å². The number of rotatable bonds is 5. The smallest absolute Gasteiger partial charge is 0.261 e. The molecule has 1 atom stereocenters. The first-order valence-electron chi connectivity index (χ1n) is 8.52. The van der Waals surface area contributed by atoms with Crippen molar-refractivity contribution in [3.8, 4) is 11.5 Å². The molecule has 2 heterocycles. The van der Waals surface area contributed by atoms with Gasteiger partial charge in [0.05, 0.1) is 15.9 Å². The van der Waals surface area contributed by atoms with Crippen LogP contribution in [0, 0.1) is 5.92 Å². The summed E-state index contributed by atoms with van der Waals surface area (Å²) in [6.07, 6.45) is 0. The highest BCUT2D eigenvalue weighted by Crippen LogP contribution is 2.34. The van der Waals surface area contributed by atoms with E-state index in [2.05, 4.69) is 24.5 Å². The number of benzene rings is 1. The molecule has 26 heavy (non-hydrogen) atoms. The van der Waals surface area contributed by atoms with E-state index in [0.717, 1.165) is 11.3 Å². The number of ether oxygens (including phenoxy) is 2. The van der Waals surface area contributed by atoms with Crippen LogP contribution in [-0.4, -0.2) is 25.0 Å². The van der Waals surface area contributed by atoms with Gasteiger partial charge in [0.1, 0.15) is 13.2 Å². The van der Waals surface area contributed by atoms with Gasteiger partial charge in [-0.15, -0.1) is 11.3 Å². The van der Waals surface area contributed by atoms with Crippen LogP contribution < -0.4 is 20.1 Å². The van der Waals surface area contributed by atoms with E-state index in [-0.39, 0.29) is 23.8 Å². The van der Waals surface area contributed by atoms with Crippen molar-refractivity contribution in [3.63, 3.8) is 0 Å². The summed E-state index contributed by atoms with van der Waals surface area (Å²) in [5.74, 6) is 1.30. The number of carbonyl (C=O) groups excluding carboxylic acids is 2. The Kier molecular flexibility index (Phi) is 5.46. The largest absolute Gasteiger partial charge is 0.486 e. The SMILES string of the molecule is CC(=O)Nc1ccc(C(=O)N[C@@H](c2ccc3c(c2)OCCO3)C(C)C)s1. The van der Waals surface area contributed by atoms with Gasteiger partial charge in [0.2, 0.25) is 5.91 Å². The van der Waals surface area contributed by atoms with Crippen LogP contribution in [0.2, 0.25) is 0 Å². The molecule has 2 aromatic rings. The summed E-state index contributed by atoms with van der Waals surface area (Å²) in [7, 11) is 0. The first-order valence-corrected chi connectivity index (χ1v) is 9.33. The number of hydrogen-bond acceptors (Lipinski definition) is 5. The molecule has 2 amide bonds. The first-order chi connectivity index (χ1) is 12.4. The van der Waals surface area contributed by atoms with Crippen molar-refractivity contribution in [2.24, 2.45) is 5.92 Å². The summed E-state index contributed by atoms with van der Waals surface area (Å²) in [6.45, 7) is 6.62. The maximum absolute atomic E-state index is 12.7. The Labute approximate surface area is 156 Å². The van der Waals surface area contributed by atoms with Crippen LogP contribution in [0.3, 0.4) is 0 Å². The minimum atomic E-state index is -0.166. The summed E-state index contributed by atoms with van der Waals surface area (Å²) >= 11 is 1.25. The van der Waals surface area contributed by atoms with Gasteiger partial charge in [-0.2, -0.15) is 0 Å². The monoisotopic (exact) mass is 374 g/mol. The van der Waals surface area contributed by atoms with Crippen molar-refractivity contribution in [1.82, 2.24) is 5.32 Å². The van der Waals surface area contributed by atoms with Gasteiger partial charge in [-0.05, 0) is 35.7 Å². The molecule has 2 N–H and O–H groups in total. The molecule has 6 nitrogen and oxygen atoms in total. The summed E-state index contributed by atoms with van der Waals surface area (Å²) in [6, 6.07) is 9.05. The van der Waals surface area contributed by atoms with Crippen molar-refractivity contribution in [3.05, 3.63) is 40.8 Å². The van der Waals surface area contributed by atoms with Gasteiger partial charge in [0.25, 0.3) is 5.91 Å². The second-order valence-electron chi connectivity index (χ2n) is 6.44. The van der Waals surface area contributed by atoms with Gasteiger partial charge in [-0.3, -0.25) is 9.59 Å². The Morgan fingerprint density at radius 1 is 1.08 bits per heavy atom. The number of hydrogen-bond donors (Lipinski definition) is 2. The standard InChI is InChI=1S/C19H22N2O4S/c1-11(2)18(13-4-5-14-15(10-13)25-9-8-24-14)21-19(23)16-6-7-17(26-16)20-12(3)22/h4-7,10-11,18H,8-9H2,1-3H3,(H,20,22)(H,21,23)/t18-/m1/s1. The molecule has 1 aliphatic rings. The molecule has 0 bridgehead atoms. The number of amides is 2. The number of anilines is 1. The predicted molar refractivity (Wildman–Crippen MR) is 101 cm³/mol. The fraction of sp³-hybridized carbons (Fsp3) is 0.368. The number of fused-ring (bicyclic) bond motifs is 1. The minimum Gasteiger partial charge on any atom is -0.486 e. The van der Waals surface area contributed by atoms with Crippen LogP contribution in [0.5, 0.6) is 11.5 Å². The molecule has 0 fully saturated rings. The summed E-state index contributed by atoms with van der Waals surface area (Å²) in [5, 5.41) is 6.43. The Morgan fingerprint density at radius 3 is 2.50 bits per heavy atom. The van der Waals surface area contributed by atoms with Gasteiger partial charge >= 0.3 is 0 Å². The van der Waals surface area contributed by atoms with Gasteiger partial charge < -0.3 is 20.1 Å². The Hall–Kier alpha value is -2.54. The highest BCUT2D eigenvalue weighted by molar-refractivity contribution is 7.18. The molecule has 0 radical (unpaired) electrons. The third-order valence-electron chi connectivity index (χ3n) is 4.01. The maximum Gasteiger partial charge on any atom is 0.261 e. The van der Waals surface area contributed by atoms with Crippen molar-refractivity contribution in [2.45, 2.75) is 26.8 Å². The van der Waals surface area contributed by atoms with Crippen LogP contribution in [-0.2, 0) is 4.79 Å². The van der Waals surface area contributed by atoms with Gasteiger partial charge in [-0.1, -0.05) is 19.9 Å². The summed E-state index contributed by atoms with van der Waals surface area (Å²) in [5.41, 5.74) is 0.969. The van der Waals surface area contributed by atoms with Crippen LogP contribution in [0.1, 0.15) is 42.0 Å². The second kappa shape index (κ2) is 7.78. The molecule has 0 unspecified atom stereocenters. The lowest BCUT2D eigenvalue weighted by Crippen LogP contribution is -2.31. The van der Waals surface area contributed by atoms with Crippen molar-refractivity contribution in [2.75, 3.05) is 18.5 Å². The van der Waals surface area contributed by atoms with E-state index in [9.17, 15) is 9.59 Å². The molecule has 3 rings (SSSR count). The maximum atomic E-state index is 12.7. The van der Waals surface area contributed by atoms with E-state index in [0.29, 0.717) is 28.8 Å². The second-order valence-corrected chi connectivity index (χ2v) is 7.53. The molecular weight excluding hydrogens is 352 g/mol. The average Bonchev–Trinajstić information content (AvgIpc) is 3.06. The average molecular weight is 374 g/mol. The quantitative estimate of drug-likeness (QED) is 0.838. The Bertz CT molecular complexity index is 816. The van der Waals surface area contributed by atoms with Crippen molar-refractivity contribution >= 4 is 28.2 Å². The van der Waals surface area contributed by atoms with Crippen LogP contribution >= 0.6 is 11.3 Å². The Balaban J connectivity index is 1.77. The van der Waals surface area contributed by atoms with Crippen molar-refractivity contribution in [1.29, 1.82) is 0 Å². The van der Waals surface area contributed by atoms with Crippen LogP contribution in [0.4, 0.5) is 5.00 Å². The zero-order chi connectivity index (χ0) is 18.7. The highest BCUT2D eigenvalue weighted by atomic mass is 32.1. The lowest BCUT2D eigenvalue weighted by molar-refractivity contribution is -0.114. The Morgan fingerprint density at radius 2 is 1.81 bits per heavy atom. The normalized spacial score (nSPS) is 14.0. The van der Waals surface area contributed by atoms with Crippen LogP contribution in [0.15, 0.2) is 30.3 Å². The molecular formula is C19H22N2O4S. The van der Waals surface area contributed by atoms with E-state index >= 15 is 0 Å². The van der Waals surface area contributed by atoms with Crippen molar-refractivity contribution < 1.29 is 19.1 Å². The van der Waals surface area contributed by atoms with E-state index in [4.69, 9.17) is 9.47 Å². The highest BCUT2D eigenvalue weighted by Gasteiger charge is 2.22. The molecule has 1 aromatic heterocycles. The summed E-state index contributed by atoms with van der Waals surface area (Å²) in [4.78, 5) is 24.3. The van der Waals surface area contributed by atoms with Gasteiger partial charge in [0.15, 0.2) is 11.5 Å². The van der Waals surface area contributed by atoms with E-state index in [1.54, 1.807) is 12.1 Å². The molecule has 1 aromatic carbocycles. The number of nitrogens with one attached hydrogen (secondary N) is 2. The van der Waals surface area contributed by atoms with E-state index in [1.165, 1.54) is 18.3 Å². The fourth-order valence-corrected chi connectivity index (χ4v) is 3.66. The van der Waals surface area contributed by atoms with E-state index < -0.39 is 0 Å². The lowest BCUT2D eigenvalue weighted by atomic mass is 9.95. The third-order valence-corrected chi connectivity index (χ3v) is 5.01. The molecule has 0 aliphatic carbocycles. The third kappa shape index (κ3) is 4.16. The number of thiophene rings is 1. The summed E-state index contributed by atoms with van der Waals surface area (Å²) < 4.78 is 11.2. The zero-order valence-corrected chi connectivity index (χ0v) is 15.8. The van der Waals surface area contributed by atoms with Gasteiger partial charge in [0, 0.05) is 6.92 Å². The molecule has 0 spiro atoms. The fourth-order valence-electron chi connectivity index (χ4n) is 2.80. The molecule has 7 heteroatoms. The molecule has 138 valence electrons. The number of carbonyl (C=O) groups is 2.